The molecule has 0 bridgehead atoms. The Labute approximate surface area is 141 Å². The first-order chi connectivity index (χ1) is 11.7. The second-order valence-electron chi connectivity index (χ2n) is 6.63. The molecular formula is C18H22N4O2. The van der Waals surface area contributed by atoms with Gasteiger partial charge in [0.1, 0.15) is 11.9 Å². The van der Waals surface area contributed by atoms with Crippen LogP contribution in [0.25, 0.3) is 0 Å². The number of hydrogen-bond acceptors (Lipinski definition) is 4. The number of carbonyl (C=O) groups excluding carboxylic acids is 1. The molecule has 24 heavy (non-hydrogen) atoms. The molecule has 3 heterocycles. The van der Waals surface area contributed by atoms with Crippen LogP contribution in [0.15, 0.2) is 30.3 Å². The topological polar surface area (TPSA) is 60.2 Å². The van der Waals surface area contributed by atoms with Crippen LogP contribution in [-0.2, 0) is 22.5 Å². The average Bonchev–Trinajstić information content (AvgIpc) is 3.04. The van der Waals surface area contributed by atoms with Crippen LogP contribution in [0.1, 0.15) is 42.0 Å². The highest BCUT2D eigenvalue weighted by molar-refractivity contribution is 5.81. The zero-order valence-electron chi connectivity index (χ0n) is 13.9. The van der Waals surface area contributed by atoms with E-state index in [1.807, 2.05) is 25.2 Å². The number of carbonyl (C=O) groups is 1. The predicted octanol–water partition coefficient (Wildman–Crippen LogP) is 1.93. The Bertz CT molecular complexity index is 722. The number of hydrogen-bond donors (Lipinski definition) is 0. The van der Waals surface area contributed by atoms with Crippen molar-refractivity contribution >= 4 is 5.91 Å². The first-order valence-corrected chi connectivity index (χ1v) is 8.54. The van der Waals surface area contributed by atoms with Crippen LogP contribution in [0.4, 0.5) is 0 Å². The van der Waals surface area contributed by atoms with Gasteiger partial charge in [-0.2, -0.15) is 0 Å². The van der Waals surface area contributed by atoms with Gasteiger partial charge in [0, 0.05) is 32.6 Å². The van der Waals surface area contributed by atoms with Gasteiger partial charge in [-0.1, -0.05) is 30.3 Å². The molecule has 0 aliphatic carbocycles. The summed E-state index contributed by atoms with van der Waals surface area (Å²) in [4.78, 5) is 14.6. The minimum atomic E-state index is -0.256. The van der Waals surface area contributed by atoms with E-state index in [4.69, 9.17) is 4.74 Å². The standard InChI is InChI=1S/C18H22N4O2/c1-21-12-16-19-20-17(14-7-9-24-10-8-14)22(16)15(18(21)23)11-13-5-3-2-4-6-13/h2-6,14-15H,7-12H2,1H3/t15-/m0/s1. The molecule has 1 saturated heterocycles. The van der Waals surface area contributed by atoms with E-state index >= 15 is 0 Å². The first kappa shape index (κ1) is 15.3. The van der Waals surface area contributed by atoms with Gasteiger partial charge < -0.3 is 14.2 Å². The molecule has 0 N–H and O–H groups in total. The molecule has 2 aliphatic rings. The molecule has 1 fully saturated rings. The van der Waals surface area contributed by atoms with Gasteiger partial charge in [0.05, 0.1) is 6.54 Å². The van der Waals surface area contributed by atoms with Gasteiger partial charge in [-0.25, -0.2) is 0 Å². The van der Waals surface area contributed by atoms with E-state index < -0.39 is 0 Å². The van der Waals surface area contributed by atoms with Crippen molar-refractivity contribution < 1.29 is 9.53 Å². The summed E-state index contributed by atoms with van der Waals surface area (Å²) in [5.74, 6) is 2.31. The largest absolute Gasteiger partial charge is 0.381 e. The summed E-state index contributed by atoms with van der Waals surface area (Å²) in [7, 11) is 1.84. The van der Waals surface area contributed by atoms with Crippen LogP contribution in [-0.4, -0.2) is 45.8 Å². The van der Waals surface area contributed by atoms with Crippen LogP contribution in [0.3, 0.4) is 0 Å². The van der Waals surface area contributed by atoms with Crippen molar-refractivity contribution in [2.45, 2.75) is 37.8 Å². The fraction of sp³-hybridized carbons (Fsp3) is 0.500. The maximum absolute atomic E-state index is 12.9. The smallest absolute Gasteiger partial charge is 0.246 e. The van der Waals surface area contributed by atoms with Crippen LogP contribution in [0.5, 0.6) is 0 Å². The van der Waals surface area contributed by atoms with Crippen molar-refractivity contribution in [2.24, 2.45) is 0 Å². The third-order valence-corrected chi connectivity index (χ3v) is 5.00. The number of nitrogens with zero attached hydrogens (tertiary/aromatic N) is 4. The van der Waals surface area contributed by atoms with Crippen molar-refractivity contribution in [1.29, 1.82) is 0 Å². The van der Waals surface area contributed by atoms with E-state index in [0.29, 0.717) is 18.9 Å². The molecule has 0 radical (unpaired) electrons. The summed E-state index contributed by atoms with van der Waals surface area (Å²) in [5, 5.41) is 8.85. The number of likely N-dealkylation sites (N-methyl/N-ethyl adjacent to an activating group) is 1. The van der Waals surface area contributed by atoms with Gasteiger partial charge >= 0.3 is 0 Å². The Hall–Kier alpha value is -2.21. The number of fused-ring (bicyclic) bond motifs is 1. The van der Waals surface area contributed by atoms with Gasteiger partial charge in [-0.15, -0.1) is 10.2 Å². The lowest BCUT2D eigenvalue weighted by atomic mass is 9.97. The Morgan fingerprint density at radius 3 is 2.67 bits per heavy atom. The van der Waals surface area contributed by atoms with Gasteiger partial charge in [-0.3, -0.25) is 4.79 Å². The molecule has 0 spiro atoms. The number of aromatic nitrogens is 3. The third-order valence-electron chi connectivity index (χ3n) is 5.00. The highest BCUT2D eigenvalue weighted by atomic mass is 16.5. The van der Waals surface area contributed by atoms with Crippen molar-refractivity contribution in [1.82, 2.24) is 19.7 Å². The SMILES string of the molecule is CN1Cc2nnc(C3CCOCC3)n2[C@@H](Cc2ccccc2)C1=O. The molecule has 2 aromatic rings. The minimum Gasteiger partial charge on any atom is -0.381 e. The minimum absolute atomic E-state index is 0.138. The lowest BCUT2D eigenvalue weighted by Crippen LogP contribution is -2.42. The molecule has 1 aromatic carbocycles. The first-order valence-electron chi connectivity index (χ1n) is 8.54. The lowest BCUT2D eigenvalue weighted by molar-refractivity contribution is -0.136. The highest BCUT2D eigenvalue weighted by Crippen LogP contribution is 2.32. The zero-order chi connectivity index (χ0) is 16.5. The number of ether oxygens (including phenoxy) is 1. The molecule has 0 unspecified atom stereocenters. The van der Waals surface area contributed by atoms with E-state index in [1.54, 1.807) is 4.90 Å². The Kier molecular flexibility index (Phi) is 4.06. The molecule has 6 nitrogen and oxygen atoms in total. The molecule has 0 saturated carbocycles. The van der Waals surface area contributed by atoms with Gasteiger partial charge in [0.2, 0.25) is 5.91 Å². The van der Waals surface area contributed by atoms with Crippen LogP contribution in [0, 0.1) is 0 Å². The van der Waals surface area contributed by atoms with Crippen molar-refractivity contribution in [3.8, 4) is 0 Å². The molecule has 1 amide bonds. The Balaban J connectivity index is 1.71. The number of benzene rings is 1. The van der Waals surface area contributed by atoms with Crippen LogP contribution in [0.2, 0.25) is 0 Å². The summed E-state index contributed by atoms with van der Waals surface area (Å²) in [6.45, 7) is 2.04. The molecule has 4 rings (SSSR count). The number of rotatable bonds is 3. The quantitative estimate of drug-likeness (QED) is 0.865. The van der Waals surface area contributed by atoms with Gasteiger partial charge in [0.15, 0.2) is 5.82 Å². The van der Waals surface area contributed by atoms with Gasteiger partial charge in [-0.05, 0) is 18.4 Å². The molecular weight excluding hydrogens is 304 g/mol. The number of amides is 1. The fourth-order valence-electron chi connectivity index (χ4n) is 3.69. The van der Waals surface area contributed by atoms with Crippen molar-refractivity contribution in [3.63, 3.8) is 0 Å². The molecule has 6 heteroatoms. The highest BCUT2D eigenvalue weighted by Gasteiger charge is 2.36. The van der Waals surface area contributed by atoms with Crippen molar-refractivity contribution in [2.75, 3.05) is 20.3 Å². The Morgan fingerprint density at radius 2 is 1.92 bits per heavy atom. The van der Waals surface area contributed by atoms with E-state index in [2.05, 4.69) is 26.9 Å². The Morgan fingerprint density at radius 1 is 1.17 bits per heavy atom. The third kappa shape index (κ3) is 2.71. The fourth-order valence-corrected chi connectivity index (χ4v) is 3.69. The summed E-state index contributed by atoms with van der Waals surface area (Å²) in [5.41, 5.74) is 1.16. The van der Waals surface area contributed by atoms with E-state index in [0.717, 1.165) is 43.3 Å². The normalized spacial score (nSPS) is 21.8. The van der Waals surface area contributed by atoms with Crippen LogP contribution >= 0.6 is 0 Å². The summed E-state index contributed by atoms with van der Waals surface area (Å²) >= 11 is 0. The molecule has 1 atom stereocenters. The maximum Gasteiger partial charge on any atom is 0.246 e. The average molecular weight is 326 g/mol. The summed E-state index contributed by atoms with van der Waals surface area (Å²) in [6, 6.07) is 9.90. The van der Waals surface area contributed by atoms with E-state index in [1.165, 1.54) is 0 Å². The maximum atomic E-state index is 12.9. The second kappa shape index (κ2) is 6.36. The molecule has 126 valence electrons. The van der Waals surface area contributed by atoms with Crippen molar-refractivity contribution in [3.05, 3.63) is 47.5 Å². The summed E-state index contributed by atoms with van der Waals surface area (Å²) < 4.78 is 7.57. The van der Waals surface area contributed by atoms with Crippen LogP contribution < -0.4 is 0 Å². The predicted molar refractivity (Wildman–Crippen MR) is 88.5 cm³/mol. The molecule has 2 aliphatic heterocycles. The second-order valence-corrected chi connectivity index (χ2v) is 6.63. The molecule has 1 aromatic heterocycles. The zero-order valence-corrected chi connectivity index (χ0v) is 13.9. The van der Waals surface area contributed by atoms with Gasteiger partial charge in [0.25, 0.3) is 0 Å². The van der Waals surface area contributed by atoms with E-state index in [-0.39, 0.29) is 11.9 Å². The summed E-state index contributed by atoms with van der Waals surface area (Å²) in [6.07, 6.45) is 2.56. The van der Waals surface area contributed by atoms with E-state index in [9.17, 15) is 4.79 Å². The monoisotopic (exact) mass is 326 g/mol. The lowest BCUT2D eigenvalue weighted by Gasteiger charge is -2.33.